The van der Waals surface area contributed by atoms with Gasteiger partial charge in [0.25, 0.3) is 0 Å². The molecular weight excluding hydrogens is 290 g/mol. The summed E-state index contributed by atoms with van der Waals surface area (Å²) < 4.78 is 24.6. The van der Waals surface area contributed by atoms with E-state index in [1.54, 1.807) is 11.3 Å². The molecule has 3 rings (SSSR count). The van der Waals surface area contributed by atoms with Crippen LogP contribution in [0.2, 0.25) is 0 Å². The number of hydrogen-bond donors (Lipinski definition) is 0. The van der Waals surface area contributed by atoms with Gasteiger partial charge in [-0.15, -0.1) is 11.3 Å². The Bertz CT molecular complexity index is 705. The number of benzene rings is 1. The van der Waals surface area contributed by atoms with E-state index in [0.717, 1.165) is 19.5 Å². The lowest BCUT2D eigenvalue weighted by atomic mass is 10.1. The molecule has 0 radical (unpaired) electrons. The lowest BCUT2D eigenvalue weighted by Gasteiger charge is -2.26. The molecule has 108 valence electrons. The summed E-state index contributed by atoms with van der Waals surface area (Å²) in [5.74, 6) is 0.668. The summed E-state index contributed by atoms with van der Waals surface area (Å²) in [4.78, 5) is 2.30. The first-order chi connectivity index (χ1) is 9.59. The first-order valence-corrected chi connectivity index (χ1v) is 9.69. The summed E-state index contributed by atoms with van der Waals surface area (Å²) >= 11 is 1.76. The molecule has 20 heavy (non-hydrogen) atoms. The topological polar surface area (TPSA) is 37.4 Å². The third-order valence-corrected chi connectivity index (χ3v) is 6.83. The van der Waals surface area contributed by atoms with E-state index in [0.29, 0.717) is 11.5 Å². The minimum Gasteiger partial charge on any atom is -0.295 e. The highest BCUT2D eigenvalue weighted by Gasteiger charge is 2.31. The third-order valence-electron chi connectivity index (χ3n) is 4.07. The van der Waals surface area contributed by atoms with Crippen LogP contribution in [0, 0.1) is 0 Å². The van der Waals surface area contributed by atoms with Crippen molar-refractivity contribution in [2.75, 3.05) is 18.1 Å². The second-order valence-corrected chi connectivity index (χ2v) is 8.52. The van der Waals surface area contributed by atoms with Gasteiger partial charge in [-0.05, 0) is 35.4 Å². The summed E-state index contributed by atoms with van der Waals surface area (Å²) in [6.45, 7) is 3.85. The van der Waals surface area contributed by atoms with Gasteiger partial charge in [-0.3, -0.25) is 4.90 Å². The number of sulfone groups is 1. The number of thiophene rings is 1. The molecule has 0 bridgehead atoms. The Balaban J connectivity index is 1.82. The van der Waals surface area contributed by atoms with Gasteiger partial charge >= 0.3 is 0 Å². The van der Waals surface area contributed by atoms with Gasteiger partial charge in [-0.25, -0.2) is 8.42 Å². The van der Waals surface area contributed by atoms with Gasteiger partial charge in [0.2, 0.25) is 0 Å². The van der Waals surface area contributed by atoms with Crippen LogP contribution < -0.4 is 0 Å². The molecule has 1 aromatic carbocycles. The van der Waals surface area contributed by atoms with Crippen LogP contribution in [0.4, 0.5) is 0 Å². The second-order valence-electron chi connectivity index (χ2n) is 5.38. The predicted octanol–water partition coefficient (Wildman–Crippen LogP) is 2.91. The largest absolute Gasteiger partial charge is 0.295 e. The predicted molar refractivity (Wildman–Crippen MR) is 85.0 cm³/mol. The highest BCUT2D eigenvalue weighted by Crippen LogP contribution is 2.28. The zero-order valence-corrected chi connectivity index (χ0v) is 13.2. The molecule has 1 unspecified atom stereocenters. The standard InChI is InChI=1S/C15H19NO2S2/c1-2-16(13-7-8-20(17,18)11-13)9-12-10-19-15-6-4-3-5-14(12)15/h3-6,10,13H,2,7-9,11H2,1H3. The van der Waals surface area contributed by atoms with E-state index in [-0.39, 0.29) is 6.04 Å². The molecule has 1 fully saturated rings. The summed E-state index contributed by atoms with van der Waals surface area (Å²) in [6, 6.07) is 8.60. The summed E-state index contributed by atoms with van der Waals surface area (Å²) in [6.07, 6.45) is 0.776. The average Bonchev–Trinajstić information content (AvgIpc) is 2.99. The van der Waals surface area contributed by atoms with Gasteiger partial charge in [-0.1, -0.05) is 25.1 Å². The summed E-state index contributed by atoms with van der Waals surface area (Å²) in [5.41, 5.74) is 1.32. The van der Waals surface area contributed by atoms with Gasteiger partial charge in [0.05, 0.1) is 11.5 Å². The molecule has 5 heteroatoms. The van der Waals surface area contributed by atoms with Crippen molar-refractivity contribution in [1.82, 2.24) is 4.90 Å². The smallest absolute Gasteiger partial charge is 0.151 e. The van der Waals surface area contributed by atoms with E-state index in [1.807, 2.05) is 0 Å². The van der Waals surface area contributed by atoms with Gasteiger partial charge in [-0.2, -0.15) is 0 Å². The monoisotopic (exact) mass is 309 g/mol. The molecule has 2 heterocycles. The zero-order valence-electron chi connectivity index (χ0n) is 11.6. The lowest BCUT2D eigenvalue weighted by molar-refractivity contribution is 0.216. The lowest BCUT2D eigenvalue weighted by Crippen LogP contribution is -2.35. The van der Waals surface area contributed by atoms with Crippen LogP contribution in [-0.4, -0.2) is 37.4 Å². The van der Waals surface area contributed by atoms with Crippen LogP contribution in [0.1, 0.15) is 18.9 Å². The highest BCUT2D eigenvalue weighted by molar-refractivity contribution is 7.91. The Labute approximate surface area is 124 Å². The minimum atomic E-state index is -2.81. The van der Waals surface area contributed by atoms with E-state index in [4.69, 9.17) is 0 Å². The quantitative estimate of drug-likeness (QED) is 0.871. The zero-order chi connectivity index (χ0) is 14.2. The number of hydrogen-bond acceptors (Lipinski definition) is 4. The average molecular weight is 309 g/mol. The molecule has 0 amide bonds. The van der Waals surface area contributed by atoms with Crippen molar-refractivity contribution in [3.05, 3.63) is 35.2 Å². The Kier molecular flexibility index (Phi) is 3.84. The summed E-state index contributed by atoms with van der Waals surface area (Å²) in [5, 5.41) is 3.51. The first kappa shape index (κ1) is 14.0. The number of fused-ring (bicyclic) bond motifs is 1. The van der Waals surface area contributed by atoms with Crippen LogP contribution in [-0.2, 0) is 16.4 Å². The van der Waals surface area contributed by atoms with Crippen LogP contribution in [0.25, 0.3) is 10.1 Å². The Morgan fingerprint density at radius 3 is 2.85 bits per heavy atom. The van der Waals surface area contributed by atoms with E-state index in [1.165, 1.54) is 15.6 Å². The van der Waals surface area contributed by atoms with Crippen LogP contribution in [0.5, 0.6) is 0 Å². The molecule has 0 aliphatic carbocycles. The van der Waals surface area contributed by atoms with Crippen molar-refractivity contribution in [3.8, 4) is 0 Å². The molecule has 1 saturated heterocycles. The molecule has 0 saturated carbocycles. The van der Waals surface area contributed by atoms with Crippen LogP contribution >= 0.6 is 11.3 Å². The van der Waals surface area contributed by atoms with Gasteiger partial charge in [0, 0.05) is 17.3 Å². The van der Waals surface area contributed by atoms with Crippen LogP contribution in [0.3, 0.4) is 0 Å². The Hall–Kier alpha value is -0.910. The first-order valence-electron chi connectivity index (χ1n) is 6.98. The molecule has 1 aliphatic heterocycles. The maximum atomic E-state index is 11.7. The molecule has 1 aromatic heterocycles. The number of rotatable bonds is 4. The van der Waals surface area contributed by atoms with Crippen molar-refractivity contribution in [3.63, 3.8) is 0 Å². The van der Waals surface area contributed by atoms with Crippen molar-refractivity contribution in [2.45, 2.75) is 25.9 Å². The number of nitrogens with zero attached hydrogens (tertiary/aromatic N) is 1. The fourth-order valence-corrected chi connectivity index (χ4v) is 5.65. The van der Waals surface area contributed by atoms with Crippen LogP contribution in [0.15, 0.2) is 29.6 Å². The second kappa shape index (κ2) is 5.47. The van der Waals surface area contributed by atoms with E-state index in [2.05, 4.69) is 41.5 Å². The molecular formula is C15H19NO2S2. The molecule has 0 N–H and O–H groups in total. The molecule has 3 nitrogen and oxygen atoms in total. The van der Waals surface area contributed by atoms with Crippen molar-refractivity contribution in [1.29, 1.82) is 0 Å². The molecule has 1 atom stereocenters. The minimum absolute atomic E-state index is 0.184. The molecule has 2 aromatic rings. The van der Waals surface area contributed by atoms with E-state index < -0.39 is 9.84 Å². The molecule has 1 aliphatic rings. The normalized spacial score (nSPS) is 21.8. The summed E-state index contributed by atoms with van der Waals surface area (Å²) in [7, 11) is -2.81. The van der Waals surface area contributed by atoms with Crippen molar-refractivity contribution < 1.29 is 8.42 Å². The van der Waals surface area contributed by atoms with Gasteiger partial charge < -0.3 is 0 Å². The maximum Gasteiger partial charge on any atom is 0.151 e. The van der Waals surface area contributed by atoms with E-state index >= 15 is 0 Å². The molecule has 0 spiro atoms. The van der Waals surface area contributed by atoms with Crippen molar-refractivity contribution >= 4 is 31.3 Å². The maximum absolute atomic E-state index is 11.7. The van der Waals surface area contributed by atoms with Gasteiger partial charge in [0.15, 0.2) is 9.84 Å². The Morgan fingerprint density at radius 2 is 2.15 bits per heavy atom. The van der Waals surface area contributed by atoms with Crippen molar-refractivity contribution in [2.24, 2.45) is 0 Å². The Morgan fingerprint density at radius 1 is 1.35 bits per heavy atom. The van der Waals surface area contributed by atoms with E-state index in [9.17, 15) is 8.42 Å². The SMILES string of the molecule is CCN(Cc1csc2ccccc12)C1CCS(=O)(=O)C1. The highest BCUT2D eigenvalue weighted by atomic mass is 32.2. The fraction of sp³-hybridized carbons (Fsp3) is 0.467. The van der Waals surface area contributed by atoms with Gasteiger partial charge in [0.1, 0.15) is 0 Å². The third kappa shape index (κ3) is 2.75. The fourth-order valence-electron chi connectivity index (χ4n) is 2.94.